The van der Waals surface area contributed by atoms with Crippen molar-refractivity contribution in [2.75, 3.05) is 0 Å². The number of hydrogen-bond acceptors (Lipinski definition) is 1. The van der Waals surface area contributed by atoms with Crippen LogP contribution in [0.5, 0.6) is 0 Å². The number of carboxylic acids is 1. The van der Waals surface area contributed by atoms with Crippen LogP contribution in [-0.2, 0) is 4.79 Å². The van der Waals surface area contributed by atoms with Crippen LogP contribution in [0.2, 0.25) is 0 Å². The van der Waals surface area contributed by atoms with E-state index in [-0.39, 0.29) is 5.41 Å². The summed E-state index contributed by atoms with van der Waals surface area (Å²) >= 11 is 0. The normalized spacial score (nSPS) is 22.6. The molecule has 0 aromatic heterocycles. The van der Waals surface area contributed by atoms with Crippen molar-refractivity contribution in [2.45, 2.75) is 90.9 Å². The summed E-state index contributed by atoms with van der Waals surface area (Å²) in [6.45, 7) is 3.97. The summed E-state index contributed by atoms with van der Waals surface area (Å²) in [5, 5.41) is 9.16. The van der Waals surface area contributed by atoms with Gasteiger partial charge in [-0.25, -0.2) is 4.79 Å². The molecule has 1 N–H and O–H groups in total. The van der Waals surface area contributed by atoms with Crippen molar-refractivity contribution in [1.29, 1.82) is 0 Å². The highest BCUT2D eigenvalue weighted by Gasteiger charge is 2.26. The molecule has 20 heavy (non-hydrogen) atoms. The SMILES string of the molecule is CCC1(C=C(C)C(=O)O)CCCCCCCCCCC1. The molecule has 0 unspecified atom stereocenters. The van der Waals surface area contributed by atoms with Gasteiger partial charge in [0.05, 0.1) is 0 Å². The lowest BCUT2D eigenvalue weighted by Gasteiger charge is -2.31. The Balaban J connectivity index is 2.74. The Bertz CT molecular complexity index is 305. The zero-order valence-corrected chi connectivity index (χ0v) is 13.4. The van der Waals surface area contributed by atoms with E-state index in [1.165, 1.54) is 57.8 Å². The molecule has 1 fully saturated rings. The second-order valence-corrected chi connectivity index (χ2v) is 6.53. The van der Waals surface area contributed by atoms with Gasteiger partial charge in [-0.1, -0.05) is 70.8 Å². The largest absolute Gasteiger partial charge is 0.478 e. The maximum absolute atomic E-state index is 11.1. The van der Waals surface area contributed by atoms with Crippen molar-refractivity contribution < 1.29 is 9.90 Å². The van der Waals surface area contributed by atoms with Crippen LogP contribution in [0.25, 0.3) is 0 Å². The van der Waals surface area contributed by atoms with Gasteiger partial charge in [0.25, 0.3) is 0 Å². The second kappa shape index (κ2) is 9.20. The van der Waals surface area contributed by atoms with Gasteiger partial charge in [0.15, 0.2) is 0 Å². The fourth-order valence-corrected chi connectivity index (χ4v) is 3.44. The summed E-state index contributed by atoms with van der Waals surface area (Å²) in [5.74, 6) is -0.760. The highest BCUT2D eigenvalue weighted by Crippen LogP contribution is 2.38. The molecule has 0 amide bonds. The van der Waals surface area contributed by atoms with E-state index in [1.54, 1.807) is 6.92 Å². The van der Waals surface area contributed by atoms with Gasteiger partial charge in [0, 0.05) is 5.57 Å². The van der Waals surface area contributed by atoms with E-state index >= 15 is 0 Å². The van der Waals surface area contributed by atoms with Crippen LogP contribution in [0.15, 0.2) is 11.6 Å². The summed E-state index contributed by atoms with van der Waals surface area (Å²) in [5.41, 5.74) is 0.653. The zero-order valence-electron chi connectivity index (χ0n) is 13.4. The van der Waals surface area contributed by atoms with Crippen LogP contribution in [-0.4, -0.2) is 11.1 Å². The maximum atomic E-state index is 11.1. The number of rotatable bonds is 3. The molecule has 0 atom stereocenters. The predicted molar refractivity (Wildman–Crippen MR) is 84.9 cm³/mol. The first-order valence-electron chi connectivity index (χ1n) is 8.52. The molecule has 0 bridgehead atoms. The van der Waals surface area contributed by atoms with E-state index in [9.17, 15) is 4.79 Å². The molecule has 116 valence electrons. The first kappa shape index (κ1) is 17.3. The second-order valence-electron chi connectivity index (χ2n) is 6.53. The molecule has 1 saturated carbocycles. The maximum Gasteiger partial charge on any atom is 0.330 e. The van der Waals surface area contributed by atoms with Crippen molar-refractivity contribution in [3.63, 3.8) is 0 Å². The van der Waals surface area contributed by atoms with E-state index in [1.807, 2.05) is 0 Å². The van der Waals surface area contributed by atoms with Crippen molar-refractivity contribution >= 4 is 5.97 Å². The summed E-state index contributed by atoms with van der Waals surface area (Å²) in [4.78, 5) is 11.1. The Morgan fingerprint density at radius 2 is 1.35 bits per heavy atom. The lowest BCUT2D eigenvalue weighted by Crippen LogP contribution is -2.19. The Morgan fingerprint density at radius 3 is 1.70 bits per heavy atom. The molecule has 0 heterocycles. The van der Waals surface area contributed by atoms with Crippen LogP contribution in [0, 0.1) is 5.41 Å². The standard InChI is InChI=1S/C18H32O2/c1-3-18(15-16(2)17(19)20)13-11-9-7-5-4-6-8-10-12-14-18/h15H,3-14H2,1-2H3,(H,19,20). The summed E-state index contributed by atoms with van der Waals surface area (Å²) in [6, 6.07) is 0. The van der Waals surface area contributed by atoms with Gasteiger partial charge in [-0.15, -0.1) is 0 Å². The zero-order chi connectivity index (χ0) is 14.8. The third kappa shape index (κ3) is 6.11. The molecule has 0 aliphatic heterocycles. The van der Waals surface area contributed by atoms with Gasteiger partial charge in [-0.3, -0.25) is 0 Å². The number of carboxylic acid groups (broad SMARTS) is 1. The van der Waals surface area contributed by atoms with Crippen molar-refractivity contribution in [2.24, 2.45) is 5.41 Å². The molecule has 0 spiro atoms. The molecule has 0 aromatic carbocycles. The fourth-order valence-electron chi connectivity index (χ4n) is 3.44. The van der Waals surface area contributed by atoms with E-state index in [2.05, 4.69) is 13.0 Å². The molecule has 2 nitrogen and oxygen atoms in total. The molecule has 0 radical (unpaired) electrons. The fraction of sp³-hybridized carbons (Fsp3) is 0.833. The topological polar surface area (TPSA) is 37.3 Å². The van der Waals surface area contributed by atoms with Gasteiger partial charge in [0.2, 0.25) is 0 Å². The first-order chi connectivity index (χ1) is 9.59. The Hall–Kier alpha value is -0.790. The molecular formula is C18H32O2. The molecule has 2 heteroatoms. The van der Waals surface area contributed by atoms with Crippen molar-refractivity contribution in [3.8, 4) is 0 Å². The molecule has 0 aromatic rings. The number of aliphatic carboxylic acids is 1. The third-order valence-corrected chi connectivity index (χ3v) is 4.91. The lowest BCUT2D eigenvalue weighted by molar-refractivity contribution is -0.132. The average Bonchev–Trinajstić information content (AvgIpc) is 2.42. The number of allylic oxidation sites excluding steroid dienone is 1. The Kier molecular flexibility index (Phi) is 7.94. The molecule has 1 rings (SSSR count). The minimum absolute atomic E-state index is 0.127. The van der Waals surface area contributed by atoms with Crippen molar-refractivity contribution in [3.05, 3.63) is 11.6 Å². The third-order valence-electron chi connectivity index (χ3n) is 4.91. The van der Waals surface area contributed by atoms with Crippen LogP contribution in [0.3, 0.4) is 0 Å². The molecule has 1 aliphatic carbocycles. The van der Waals surface area contributed by atoms with E-state index in [4.69, 9.17) is 5.11 Å². The minimum atomic E-state index is -0.760. The van der Waals surface area contributed by atoms with E-state index < -0.39 is 5.97 Å². The van der Waals surface area contributed by atoms with Crippen LogP contribution < -0.4 is 0 Å². The predicted octanol–water partition coefficient (Wildman–Crippen LogP) is 5.72. The average molecular weight is 280 g/mol. The van der Waals surface area contributed by atoms with Gasteiger partial charge in [-0.2, -0.15) is 0 Å². The lowest BCUT2D eigenvalue weighted by atomic mass is 9.74. The van der Waals surface area contributed by atoms with Crippen LogP contribution >= 0.6 is 0 Å². The Morgan fingerprint density at radius 1 is 0.950 bits per heavy atom. The van der Waals surface area contributed by atoms with E-state index in [0.29, 0.717) is 5.57 Å². The minimum Gasteiger partial charge on any atom is -0.478 e. The molecule has 1 aliphatic rings. The summed E-state index contributed by atoms with van der Waals surface area (Å²) < 4.78 is 0. The van der Waals surface area contributed by atoms with Gasteiger partial charge in [0.1, 0.15) is 0 Å². The Labute approximate surface area is 124 Å². The summed E-state index contributed by atoms with van der Waals surface area (Å²) in [6.07, 6.45) is 17.4. The molecular weight excluding hydrogens is 248 g/mol. The number of carbonyl (C=O) groups is 1. The van der Waals surface area contributed by atoms with Crippen LogP contribution in [0.1, 0.15) is 90.9 Å². The van der Waals surface area contributed by atoms with Gasteiger partial charge < -0.3 is 5.11 Å². The number of hydrogen-bond donors (Lipinski definition) is 1. The molecule has 0 saturated heterocycles. The first-order valence-corrected chi connectivity index (χ1v) is 8.52. The quantitative estimate of drug-likeness (QED) is 0.671. The van der Waals surface area contributed by atoms with E-state index in [0.717, 1.165) is 19.3 Å². The van der Waals surface area contributed by atoms with Crippen LogP contribution in [0.4, 0.5) is 0 Å². The monoisotopic (exact) mass is 280 g/mol. The highest BCUT2D eigenvalue weighted by atomic mass is 16.4. The highest BCUT2D eigenvalue weighted by molar-refractivity contribution is 5.85. The van der Waals surface area contributed by atoms with Gasteiger partial charge >= 0.3 is 5.97 Å². The summed E-state index contributed by atoms with van der Waals surface area (Å²) in [7, 11) is 0. The smallest absolute Gasteiger partial charge is 0.330 e. The van der Waals surface area contributed by atoms with Gasteiger partial charge in [-0.05, 0) is 31.6 Å². The van der Waals surface area contributed by atoms with Crippen molar-refractivity contribution in [1.82, 2.24) is 0 Å².